The summed E-state index contributed by atoms with van der Waals surface area (Å²) in [6.45, 7) is -0.266. The Balaban J connectivity index is 1.66. The molecule has 38 heavy (non-hydrogen) atoms. The minimum Gasteiger partial charge on any atom is -0.396 e. The van der Waals surface area contributed by atoms with Gasteiger partial charge < -0.3 is 10.4 Å². The van der Waals surface area contributed by atoms with Crippen LogP contribution in [0.3, 0.4) is 0 Å². The van der Waals surface area contributed by atoms with E-state index in [1.165, 1.54) is 6.20 Å². The van der Waals surface area contributed by atoms with E-state index in [0.717, 1.165) is 22.5 Å². The topological polar surface area (TPSA) is 130 Å². The first kappa shape index (κ1) is 28.3. The number of aliphatic hydroxyl groups is 1. The van der Waals surface area contributed by atoms with Gasteiger partial charge in [0.2, 0.25) is 10.0 Å². The van der Waals surface area contributed by atoms with Crippen molar-refractivity contribution in [1.29, 1.82) is 0 Å². The van der Waals surface area contributed by atoms with Gasteiger partial charge in [-0.3, -0.25) is 14.6 Å². The van der Waals surface area contributed by atoms with Crippen LogP contribution in [0.2, 0.25) is 0 Å². The summed E-state index contributed by atoms with van der Waals surface area (Å²) in [5.74, 6) is -3.83. The lowest BCUT2D eigenvalue weighted by molar-refractivity contribution is 0.0270. The molecule has 202 valence electrons. The second kappa shape index (κ2) is 12.4. The van der Waals surface area contributed by atoms with Gasteiger partial charge in [0.1, 0.15) is 4.90 Å². The molecule has 0 atom stereocenters. The van der Waals surface area contributed by atoms with Crippen LogP contribution in [0.4, 0.5) is 20.2 Å². The van der Waals surface area contributed by atoms with Crippen LogP contribution in [-0.2, 0) is 27.8 Å². The first-order chi connectivity index (χ1) is 18.2. The monoisotopic (exact) mass is 658 g/mol. The van der Waals surface area contributed by atoms with Crippen molar-refractivity contribution < 1.29 is 31.9 Å². The second-order valence-electron chi connectivity index (χ2n) is 8.65. The maximum Gasteiger partial charge on any atom is 0.277 e. The normalized spacial score (nSPS) is 13.4. The zero-order valence-corrected chi connectivity index (χ0v) is 23.0. The summed E-state index contributed by atoms with van der Waals surface area (Å²) in [4.78, 5) is 21.2. The number of nitrogens with one attached hydrogen (secondary N) is 3. The number of sulfonamides is 1. The molecule has 1 fully saturated rings. The van der Waals surface area contributed by atoms with E-state index in [1.807, 2.05) is 0 Å². The molecule has 0 unspecified atom stereocenters. The summed E-state index contributed by atoms with van der Waals surface area (Å²) in [6, 6.07) is 10.7. The second-order valence-corrected chi connectivity index (χ2v) is 11.6. The van der Waals surface area contributed by atoms with Crippen LogP contribution in [0.5, 0.6) is 0 Å². The zero-order valence-electron chi connectivity index (χ0n) is 20.0. The molecule has 0 bridgehead atoms. The third-order valence-corrected chi connectivity index (χ3v) is 7.92. The molecular weight excluding hydrogens is 633 g/mol. The van der Waals surface area contributed by atoms with Crippen LogP contribution < -0.4 is 15.5 Å². The maximum atomic E-state index is 15.4. The molecule has 1 aromatic heterocycles. The summed E-state index contributed by atoms with van der Waals surface area (Å²) in [5.41, 5.74) is 2.46. The van der Waals surface area contributed by atoms with Crippen molar-refractivity contribution >= 4 is 49.9 Å². The molecule has 0 spiro atoms. The first-order valence-electron chi connectivity index (χ1n) is 11.7. The highest BCUT2D eigenvalue weighted by Gasteiger charge is 2.30. The van der Waals surface area contributed by atoms with Crippen LogP contribution in [0.15, 0.2) is 53.6 Å². The van der Waals surface area contributed by atoms with Gasteiger partial charge in [0.05, 0.1) is 30.1 Å². The molecule has 1 aliphatic rings. The zero-order chi connectivity index (χ0) is 27.3. The van der Waals surface area contributed by atoms with Crippen molar-refractivity contribution in [2.24, 2.45) is 5.92 Å². The van der Waals surface area contributed by atoms with Gasteiger partial charge in [-0.15, -0.1) is 0 Å². The number of hydroxylamine groups is 1. The van der Waals surface area contributed by atoms with E-state index in [1.54, 1.807) is 36.4 Å². The number of rotatable bonds is 12. The van der Waals surface area contributed by atoms with E-state index < -0.39 is 43.7 Å². The molecule has 2 aromatic carbocycles. The predicted molar refractivity (Wildman–Crippen MR) is 144 cm³/mol. The summed E-state index contributed by atoms with van der Waals surface area (Å²) >= 11 is 2.08. The SMILES string of the molecule is O=C(NOCC1CC1)c1cc(S(=O)(=O)NCc2ncccc2CCO)c(F)c(F)c1Nc1ccc(I)cc1. The van der Waals surface area contributed by atoms with Gasteiger partial charge >= 0.3 is 0 Å². The fourth-order valence-corrected chi connectivity index (χ4v) is 5.00. The number of aliphatic hydroxyl groups excluding tert-OH is 1. The molecule has 1 amide bonds. The summed E-state index contributed by atoms with van der Waals surface area (Å²) in [6.07, 6.45) is 3.61. The van der Waals surface area contributed by atoms with Gasteiger partial charge in [-0.1, -0.05) is 6.07 Å². The highest BCUT2D eigenvalue weighted by molar-refractivity contribution is 14.1. The Kier molecular flexibility index (Phi) is 9.25. The van der Waals surface area contributed by atoms with Gasteiger partial charge in [-0.25, -0.2) is 27.4 Å². The van der Waals surface area contributed by atoms with Crippen LogP contribution >= 0.6 is 22.6 Å². The Hall–Kier alpha value is -2.72. The average Bonchev–Trinajstić information content (AvgIpc) is 3.72. The highest BCUT2D eigenvalue weighted by Crippen LogP contribution is 2.32. The molecule has 0 radical (unpaired) electrons. The number of hydrogen-bond donors (Lipinski definition) is 4. The van der Waals surface area contributed by atoms with Crippen LogP contribution in [0, 0.1) is 21.1 Å². The number of nitrogens with zero attached hydrogens (tertiary/aromatic N) is 1. The number of carbonyl (C=O) groups is 1. The lowest BCUT2D eigenvalue weighted by Gasteiger charge is -2.17. The quantitative estimate of drug-likeness (QED) is 0.172. The number of halogens is 3. The van der Waals surface area contributed by atoms with Crippen LogP contribution in [0.1, 0.15) is 34.5 Å². The van der Waals surface area contributed by atoms with E-state index in [0.29, 0.717) is 22.9 Å². The number of aromatic nitrogens is 1. The number of benzene rings is 2. The first-order valence-corrected chi connectivity index (χ1v) is 14.3. The largest absolute Gasteiger partial charge is 0.396 e. The number of amides is 1. The van der Waals surface area contributed by atoms with Gasteiger partial charge in [-0.2, -0.15) is 0 Å². The molecule has 1 saturated carbocycles. The van der Waals surface area contributed by atoms with Gasteiger partial charge in [0, 0.05) is 22.1 Å². The third-order valence-electron chi connectivity index (χ3n) is 5.80. The van der Waals surface area contributed by atoms with Gasteiger partial charge in [0.15, 0.2) is 11.6 Å². The van der Waals surface area contributed by atoms with E-state index in [9.17, 15) is 18.3 Å². The Labute approximate surface area is 232 Å². The van der Waals surface area contributed by atoms with E-state index in [4.69, 9.17) is 4.84 Å². The van der Waals surface area contributed by atoms with Gasteiger partial charge in [-0.05, 0) is 89.7 Å². The van der Waals surface area contributed by atoms with E-state index in [-0.39, 0.29) is 26.2 Å². The summed E-state index contributed by atoms with van der Waals surface area (Å²) < 4.78 is 59.8. The van der Waals surface area contributed by atoms with E-state index in [2.05, 4.69) is 43.1 Å². The Morgan fingerprint density at radius 3 is 2.58 bits per heavy atom. The lowest BCUT2D eigenvalue weighted by Crippen LogP contribution is -2.29. The molecule has 4 rings (SSSR count). The van der Waals surface area contributed by atoms with Crippen molar-refractivity contribution in [3.05, 3.63) is 80.7 Å². The van der Waals surface area contributed by atoms with Crippen LogP contribution in [0.25, 0.3) is 0 Å². The van der Waals surface area contributed by atoms with Crippen molar-refractivity contribution in [2.75, 3.05) is 18.5 Å². The van der Waals surface area contributed by atoms with Crippen LogP contribution in [-0.4, -0.2) is 37.6 Å². The molecular formula is C25H25F2IN4O5S. The number of hydrogen-bond acceptors (Lipinski definition) is 7. The molecule has 4 N–H and O–H groups in total. The summed E-state index contributed by atoms with van der Waals surface area (Å²) in [7, 11) is -4.64. The Morgan fingerprint density at radius 1 is 1.16 bits per heavy atom. The predicted octanol–water partition coefficient (Wildman–Crippen LogP) is 3.79. The van der Waals surface area contributed by atoms with E-state index >= 15 is 8.78 Å². The lowest BCUT2D eigenvalue weighted by atomic mass is 10.1. The maximum absolute atomic E-state index is 15.4. The van der Waals surface area contributed by atoms with Crippen molar-refractivity contribution in [1.82, 2.24) is 15.2 Å². The van der Waals surface area contributed by atoms with Gasteiger partial charge in [0.25, 0.3) is 5.91 Å². The average molecular weight is 658 g/mol. The minimum absolute atomic E-state index is 0.179. The van der Waals surface area contributed by atoms with Crippen molar-refractivity contribution in [3.63, 3.8) is 0 Å². The molecule has 13 heteroatoms. The molecule has 0 aliphatic heterocycles. The molecule has 3 aromatic rings. The molecule has 1 aliphatic carbocycles. The minimum atomic E-state index is -4.64. The third kappa shape index (κ3) is 7.02. The number of pyridine rings is 1. The molecule has 1 heterocycles. The molecule has 0 saturated heterocycles. The standard InChI is InChI=1S/C25H25F2IN4O5S/c26-22-21(38(35,36)30-13-20-16(9-11-33)2-1-10-29-20)12-19(25(34)32-37-14-15-3-4-15)24(23(22)27)31-18-7-5-17(28)6-8-18/h1-2,5-8,10,12,15,30-31,33H,3-4,9,11,13-14H2,(H,32,34). The van der Waals surface area contributed by atoms with Crippen molar-refractivity contribution in [2.45, 2.75) is 30.7 Å². The number of carbonyl (C=O) groups excluding carboxylic acids is 1. The van der Waals surface area contributed by atoms with Crippen molar-refractivity contribution in [3.8, 4) is 0 Å². The number of anilines is 2. The Bertz CT molecular complexity index is 1420. The Morgan fingerprint density at radius 2 is 1.89 bits per heavy atom. The smallest absolute Gasteiger partial charge is 0.277 e. The fourth-order valence-electron chi connectivity index (χ4n) is 3.56. The molecule has 9 nitrogen and oxygen atoms in total. The summed E-state index contributed by atoms with van der Waals surface area (Å²) in [5, 5.41) is 11.9. The highest BCUT2D eigenvalue weighted by atomic mass is 127. The fraction of sp³-hybridized carbons (Fsp3) is 0.280.